The van der Waals surface area contributed by atoms with Gasteiger partial charge in [-0.15, -0.1) is 0 Å². The highest BCUT2D eigenvalue weighted by Crippen LogP contribution is 2.39. The maximum absolute atomic E-state index is 9.18. The Morgan fingerprint density at radius 3 is 2.85 bits per heavy atom. The highest BCUT2D eigenvalue weighted by molar-refractivity contribution is 9.10. The third-order valence-corrected chi connectivity index (χ3v) is 5.85. The summed E-state index contributed by atoms with van der Waals surface area (Å²) in [5.41, 5.74) is 2.13. The van der Waals surface area contributed by atoms with E-state index in [-0.39, 0.29) is 5.41 Å². The van der Waals surface area contributed by atoms with E-state index < -0.39 is 0 Å². The lowest BCUT2D eigenvalue weighted by molar-refractivity contribution is 0.0807. The first kappa shape index (κ1) is 17.3. The van der Waals surface area contributed by atoms with E-state index in [4.69, 9.17) is 4.74 Å². The normalized spacial score (nSPS) is 17.5. The van der Waals surface area contributed by atoms with Crippen LogP contribution < -0.4 is 4.74 Å². The second-order valence-corrected chi connectivity index (χ2v) is 8.27. The molecule has 0 radical (unpaired) electrons. The summed E-state index contributed by atoms with van der Waals surface area (Å²) in [5.74, 6) is 0.775. The number of hydrogen-bond donors (Lipinski definition) is 1. The Hall–Kier alpha value is -2.17. The van der Waals surface area contributed by atoms with Crippen LogP contribution in [0.5, 0.6) is 5.75 Å². The van der Waals surface area contributed by atoms with E-state index >= 15 is 0 Å². The van der Waals surface area contributed by atoms with Crippen LogP contribution in [0, 0.1) is 16.7 Å². The van der Waals surface area contributed by atoms with Gasteiger partial charge < -0.3 is 14.6 Å². The molecule has 0 amide bonds. The zero-order chi connectivity index (χ0) is 18.3. The van der Waals surface area contributed by atoms with Gasteiger partial charge in [0.25, 0.3) is 0 Å². The number of piperidine rings is 1. The van der Waals surface area contributed by atoms with Gasteiger partial charge in [-0.1, -0.05) is 6.92 Å². The van der Waals surface area contributed by atoms with E-state index in [1.807, 2.05) is 0 Å². The van der Waals surface area contributed by atoms with E-state index in [9.17, 15) is 5.26 Å². The largest absolute Gasteiger partial charge is 0.491 e. The lowest BCUT2D eigenvalue weighted by atomic mass is 9.81. The Labute approximate surface area is 160 Å². The van der Waals surface area contributed by atoms with Crippen molar-refractivity contribution in [1.29, 1.82) is 5.26 Å². The van der Waals surface area contributed by atoms with Gasteiger partial charge in [-0.25, -0.2) is 9.97 Å². The number of nitriles is 1. The minimum Gasteiger partial charge on any atom is -0.491 e. The highest BCUT2D eigenvalue weighted by Gasteiger charge is 2.30. The first-order valence-corrected chi connectivity index (χ1v) is 9.46. The molecule has 6 nitrogen and oxygen atoms in total. The van der Waals surface area contributed by atoms with Crippen molar-refractivity contribution in [2.75, 3.05) is 26.7 Å². The Bertz CT molecular complexity index is 1010. The first-order valence-electron chi connectivity index (χ1n) is 8.66. The molecule has 0 bridgehead atoms. The van der Waals surface area contributed by atoms with Gasteiger partial charge in [-0.05, 0) is 55.0 Å². The summed E-state index contributed by atoms with van der Waals surface area (Å²) < 4.78 is 7.16. The molecule has 3 aromatic heterocycles. The zero-order valence-electron chi connectivity index (χ0n) is 14.8. The number of aromatic amines is 1. The molecule has 3 aromatic rings. The number of nitrogens with zero attached hydrogens (tertiary/aromatic N) is 4. The summed E-state index contributed by atoms with van der Waals surface area (Å²) in [5, 5.41) is 11.0. The Morgan fingerprint density at radius 1 is 1.35 bits per heavy atom. The molecule has 7 heteroatoms. The molecule has 0 unspecified atom stereocenters. The van der Waals surface area contributed by atoms with Crippen LogP contribution in [0.2, 0.25) is 0 Å². The fourth-order valence-electron chi connectivity index (χ4n) is 3.46. The van der Waals surface area contributed by atoms with Gasteiger partial charge in [0.05, 0.1) is 28.2 Å². The molecule has 1 saturated heterocycles. The molecule has 1 aliphatic heterocycles. The van der Waals surface area contributed by atoms with Crippen LogP contribution in [-0.2, 0) is 0 Å². The Balaban J connectivity index is 1.74. The molecule has 1 N–H and O–H groups in total. The third-order valence-electron chi connectivity index (χ3n) is 5.29. The van der Waals surface area contributed by atoms with Crippen molar-refractivity contribution < 1.29 is 4.74 Å². The van der Waals surface area contributed by atoms with E-state index in [1.54, 1.807) is 18.5 Å². The second kappa shape index (κ2) is 6.53. The van der Waals surface area contributed by atoms with Crippen LogP contribution in [-0.4, -0.2) is 46.6 Å². The Kier molecular flexibility index (Phi) is 4.33. The van der Waals surface area contributed by atoms with Gasteiger partial charge in [0, 0.05) is 17.0 Å². The lowest BCUT2D eigenvalue weighted by Crippen LogP contribution is -2.39. The number of ether oxygens (including phenoxy) is 1. The molecular weight excluding hydrogens is 394 g/mol. The van der Waals surface area contributed by atoms with Crippen molar-refractivity contribution in [3.05, 3.63) is 28.6 Å². The van der Waals surface area contributed by atoms with Gasteiger partial charge in [-0.2, -0.15) is 5.26 Å². The molecule has 0 aliphatic carbocycles. The van der Waals surface area contributed by atoms with Crippen LogP contribution in [0.15, 0.2) is 22.9 Å². The fraction of sp³-hybridized carbons (Fsp3) is 0.421. The topological polar surface area (TPSA) is 77.8 Å². The molecule has 4 heterocycles. The third kappa shape index (κ3) is 3.04. The summed E-state index contributed by atoms with van der Waals surface area (Å²) in [7, 11) is 2.16. The number of pyridine rings is 2. The predicted octanol–water partition coefficient (Wildman–Crippen LogP) is 3.86. The van der Waals surface area contributed by atoms with Crippen LogP contribution in [0.3, 0.4) is 0 Å². The molecule has 0 atom stereocenters. The molecule has 134 valence electrons. The molecular formula is C19H20BrN5O. The number of halogens is 1. The first-order chi connectivity index (χ1) is 12.5. The number of rotatable bonds is 3. The minimum absolute atomic E-state index is 0.160. The molecule has 0 saturated carbocycles. The SMILES string of the molecule is CN1CCC(C)(COc2c(Br)cnc3[nH]c4cnc(C#N)cc4c23)CC1. The summed E-state index contributed by atoms with van der Waals surface area (Å²) in [4.78, 5) is 14.2. The van der Waals surface area contributed by atoms with E-state index in [0.29, 0.717) is 12.3 Å². The number of nitrogens with one attached hydrogen (secondary N) is 1. The number of fused-ring (bicyclic) bond motifs is 3. The van der Waals surface area contributed by atoms with E-state index in [2.05, 4.69) is 55.8 Å². The van der Waals surface area contributed by atoms with Gasteiger partial charge in [0.1, 0.15) is 23.2 Å². The second-order valence-electron chi connectivity index (χ2n) is 7.41. The van der Waals surface area contributed by atoms with Gasteiger partial charge in [0.15, 0.2) is 0 Å². The van der Waals surface area contributed by atoms with Crippen LogP contribution >= 0.6 is 15.9 Å². The number of aromatic nitrogens is 3. The number of hydrogen-bond acceptors (Lipinski definition) is 5. The summed E-state index contributed by atoms with van der Waals surface area (Å²) >= 11 is 3.59. The summed E-state index contributed by atoms with van der Waals surface area (Å²) in [6, 6.07) is 3.88. The van der Waals surface area contributed by atoms with Crippen molar-refractivity contribution in [3.63, 3.8) is 0 Å². The van der Waals surface area contributed by atoms with Crippen LogP contribution in [0.4, 0.5) is 0 Å². The quantitative estimate of drug-likeness (QED) is 0.705. The van der Waals surface area contributed by atoms with Crippen molar-refractivity contribution in [2.45, 2.75) is 19.8 Å². The van der Waals surface area contributed by atoms with Crippen molar-refractivity contribution in [3.8, 4) is 11.8 Å². The minimum atomic E-state index is 0.160. The van der Waals surface area contributed by atoms with Gasteiger partial charge >= 0.3 is 0 Å². The summed E-state index contributed by atoms with van der Waals surface area (Å²) in [6.07, 6.45) is 5.66. The molecule has 4 rings (SSSR count). The molecule has 0 spiro atoms. The van der Waals surface area contributed by atoms with Gasteiger partial charge in [0.2, 0.25) is 0 Å². The maximum atomic E-state index is 9.18. The highest BCUT2D eigenvalue weighted by atomic mass is 79.9. The maximum Gasteiger partial charge on any atom is 0.146 e. The van der Waals surface area contributed by atoms with E-state index in [1.165, 1.54) is 0 Å². The summed E-state index contributed by atoms with van der Waals surface area (Å²) in [6.45, 7) is 5.13. The Morgan fingerprint density at radius 2 is 2.12 bits per heavy atom. The van der Waals surface area contributed by atoms with Crippen LogP contribution in [0.25, 0.3) is 21.9 Å². The lowest BCUT2D eigenvalue weighted by Gasteiger charge is -2.37. The molecule has 1 aliphatic rings. The van der Waals surface area contributed by atoms with E-state index in [0.717, 1.165) is 58.1 Å². The average Bonchev–Trinajstić information content (AvgIpc) is 3.01. The average molecular weight is 414 g/mol. The number of H-pyrrole nitrogens is 1. The molecule has 0 aromatic carbocycles. The van der Waals surface area contributed by atoms with Gasteiger partial charge in [-0.3, -0.25) is 0 Å². The molecule has 26 heavy (non-hydrogen) atoms. The van der Waals surface area contributed by atoms with Crippen molar-refractivity contribution in [2.24, 2.45) is 5.41 Å². The van der Waals surface area contributed by atoms with Crippen molar-refractivity contribution >= 4 is 37.9 Å². The number of likely N-dealkylation sites (tertiary alicyclic amines) is 1. The van der Waals surface area contributed by atoms with Crippen LogP contribution in [0.1, 0.15) is 25.5 Å². The smallest absolute Gasteiger partial charge is 0.146 e. The predicted molar refractivity (Wildman–Crippen MR) is 104 cm³/mol. The standard InChI is InChI=1S/C19H20BrN5O/c1-19(3-5-25(2)6-4-19)11-26-17-14(20)9-23-18-16(17)13-7-12(8-21)22-10-15(13)24-18/h7,9-10H,3-6,11H2,1-2H3,(H,23,24). The van der Waals surface area contributed by atoms with Crippen molar-refractivity contribution in [1.82, 2.24) is 19.9 Å². The fourth-order valence-corrected chi connectivity index (χ4v) is 3.87. The zero-order valence-corrected chi connectivity index (χ0v) is 16.4. The molecule has 1 fully saturated rings. The monoisotopic (exact) mass is 413 g/mol.